The van der Waals surface area contributed by atoms with Gasteiger partial charge in [-0.15, -0.1) is 0 Å². The van der Waals surface area contributed by atoms with Crippen molar-refractivity contribution in [2.24, 2.45) is 0 Å². The summed E-state index contributed by atoms with van der Waals surface area (Å²) in [6.07, 6.45) is 0. The topological polar surface area (TPSA) is 37.3 Å². The van der Waals surface area contributed by atoms with Gasteiger partial charge >= 0.3 is 75.7 Å². The standard InChI is InChI=1S/CH2AsO2.Ga.Sb.5H/c2-1(3)4;;;;;;;/h2H,(H,3,4);;;;;;;. The fourth-order valence-electron chi connectivity index (χ4n) is 0. The molecule has 0 aromatic heterocycles. The number of hydrogen-bond donors (Lipinski definition) is 1. The molecule has 0 unspecified atom stereocenters. The maximum atomic E-state index is 9.00. The van der Waals surface area contributed by atoms with Crippen molar-refractivity contribution in [2.45, 2.75) is 0 Å². The molecule has 5 heteroatoms. The van der Waals surface area contributed by atoms with Crippen LogP contribution in [0.3, 0.4) is 0 Å². The van der Waals surface area contributed by atoms with Crippen LogP contribution in [0.2, 0.25) is 0 Å². The van der Waals surface area contributed by atoms with Crippen LogP contribution in [0.15, 0.2) is 0 Å². The molecular weight excluding hydrogens is 310 g/mol. The van der Waals surface area contributed by atoms with Gasteiger partial charge in [-0.25, -0.2) is 0 Å². The van der Waals surface area contributed by atoms with E-state index in [0.29, 0.717) is 0 Å². The van der Waals surface area contributed by atoms with Crippen LogP contribution in [-0.2, 0) is 0 Å². The Kier molecular flexibility index (Phi) is 25.3. The van der Waals surface area contributed by atoms with E-state index in [1.807, 2.05) is 0 Å². The van der Waals surface area contributed by atoms with Gasteiger partial charge in [0.05, 0.1) is 0 Å². The van der Waals surface area contributed by atoms with Crippen LogP contribution >= 0.6 is 0 Å². The third kappa shape index (κ3) is 50.1. The summed E-state index contributed by atoms with van der Waals surface area (Å²) in [4.78, 5) is 9.00. The molecule has 0 aromatic carbocycles. The molecule has 0 amide bonds. The molecular formula is CH7AsGaO2Sb. The van der Waals surface area contributed by atoms with Gasteiger partial charge in [-0.3, -0.25) is 0 Å². The molecule has 36 valence electrons. The Morgan fingerprint density at radius 2 is 1.67 bits per heavy atom. The van der Waals surface area contributed by atoms with Crippen LogP contribution in [-0.4, -0.2) is 70.9 Å². The summed E-state index contributed by atoms with van der Waals surface area (Å²) < 4.78 is -0.833. The Balaban J connectivity index is -0.0000000450. The average Bonchev–Trinajstić information content (AvgIpc) is 0.811. The molecule has 6 heavy (non-hydrogen) atoms. The van der Waals surface area contributed by atoms with Crippen molar-refractivity contribution in [2.75, 3.05) is 0 Å². The van der Waals surface area contributed by atoms with Crippen LogP contribution in [0, 0.1) is 0 Å². The Labute approximate surface area is 75.1 Å². The zero-order valence-electron chi connectivity index (χ0n) is 2.43. The predicted molar refractivity (Wildman–Crippen MR) is 33.7 cm³/mol. The number of carboxylic acid groups (broad SMARTS) is 1. The molecule has 0 atom stereocenters. The summed E-state index contributed by atoms with van der Waals surface area (Å²) in [5.41, 5.74) is 0. The third-order valence-corrected chi connectivity index (χ3v) is 0. The van der Waals surface area contributed by atoms with Crippen molar-refractivity contribution in [1.82, 2.24) is 0 Å². The maximum absolute atomic E-state index is 9.00. The molecule has 0 aliphatic rings. The molecule has 2 nitrogen and oxygen atoms in total. The zero-order chi connectivity index (χ0) is 3.58. The van der Waals surface area contributed by atoms with E-state index in [0.717, 1.165) is 16.9 Å². The van der Waals surface area contributed by atoms with Crippen LogP contribution in [0.1, 0.15) is 0 Å². The first-order valence-electron chi connectivity index (χ1n) is 0.678. The SMILES string of the molecule is O=C(O)[AsH].[GaH3].[SbH2]. The zero-order valence-corrected chi connectivity index (χ0v) is 7.83. The Hall–Kier alpha value is 1.48. The number of hydrogen-bond acceptors (Lipinski definition) is 1. The van der Waals surface area contributed by atoms with Crippen LogP contribution < -0.4 is 0 Å². The first kappa shape index (κ1) is 15.6. The number of carbonyl (C=O) groups is 1. The van der Waals surface area contributed by atoms with Gasteiger partial charge in [-0.05, 0) is 0 Å². The first-order chi connectivity index (χ1) is 1.73. The van der Waals surface area contributed by atoms with Crippen molar-refractivity contribution >= 4 is 65.8 Å². The van der Waals surface area contributed by atoms with Gasteiger partial charge in [0.25, 0.3) is 0 Å². The minimum absolute atomic E-state index is 0. The average molecular weight is 317 g/mol. The summed E-state index contributed by atoms with van der Waals surface area (Å²) in [7, 11) is 0. The normalized spacial score (nSPS) is 4.17. The van der Waals surface area contributed by atoms with Crippen molar-refractivity contribution in [3.63, 3.8) is 0 Å². The quantitative estimate of drug-likeness (QED) is 0.500. The van der Waals surface area contributed by atoms with E-state index in [9.17, 15) is 0 Å². The second-order valence-corrected chi connectivity index (χ2v) is 1.20. The van der Waals surface area contributed by atoms with E-state index in [4.69, 9.17) is 9.90 Å². The van der Waals surface area contributed by atoms with Gasteiger partial charge in [0.2, 0.25) is 0 Å². The Morgan fingerprint density at radius 1 is 1.67 bits per heavy atom. The summed E-state index contributed by atoms with van der Waals surface area (Å²) in [6.45, 7) is 0. The Bertz CT molecular complexity index is 36.5. The minimum atomic E-state index is -0.833. The monoisotopic (exact) mass is 316 g/mol. The fourth-order valence-corrected chi connectivity index (χ4v) is 0. The van der Waals surface area contributed by atoms with Crippen molar-refractivity contribution in [3.05, 3.63) is 0 Å². The molecule has 0 heterocycles. The fraction of sp³-hybridized carbons (Fsp3) is 0. The molecule has 2 radical (unpaired) electrons. The molecule has 0 saturated carbocycles. The molecule has 0 saturated heterocycles. The van der Waals surface area contributed by atoms with Crippen molar-refractivity contribution in [1.29, 1.82) is 0 Å². The van der Waals surface area contributed by atoms with E-state index in [1.165, 1.54) is 0 Å². The van der Waals surface area contributed by atoms with Gasteiger partial charge in [0.1, 0.15) is 0 Å². The molecule has 0 aromatic rings. The van der Waals surface area contributed by atoms with Gasteiger partial charge in [0, 0.05) is 0 Å². The van der Waals surface area contributed by atoms with Crippen LogP contribution in [0.5, 0.6) is 0 Å². The van der Waals surface area contributed by atoms with Crippen LogP contribution in [0.4, 0.5) is 4.79 Å². The molecule has 0 bridgehead atoms. The van der Waals surface area contributed by atoms with Crippen LogP contribution in [0.25, 0.3) is 0 Å². The van der Waals surface area contributed by atoms with E-state index < -0.39 is 4.76 Å². The van der Waals surface area contributed by atoms with E-state index in [1.54, 1.807) is 0 Å². The second-order valence-electron chi connectivity index (χ2n) is 0.305. The van der Waals surface area contributed by atoms with Gasteiger partial charge in [-0.2, -0.15) is 0 Å². The molecule has 0 fully saturated rings. The van der Waals surface area contributed by atoms with Crippen molar-refractivity contribution < 1.29 is 9.90 Å². The number of rotatable bonds is 0. The van der Waals surface area contributed by atoms with Gasteiger partial charge in [-0.1, -0.05) is 0 Å². The molecule has 1 N–H and O–H groups in total. The second kappa shape index (κ2) is 9.70. The molecule has 0 spiro atoms. The molecule has 0 rings (SSSR count). The molecule has 0 aliphatic heterocycles. The van der Waals surface area contributed by atoms with Crippen molar-refractivity contribution in [3.8, 4) is 0 Å². The summed E-state index contributed by atoms with van der Waals surface area (Å²) in [5.74, 6) is 0. The van der Waals surface area contributed by atoms with Gasteiger partial charge in [0.15, 0.2) is 0 Å². The summed E-state index contributed by atoms with van der Waals surface area (Å²) in [6, 6.07) is 0. The first-order valence-corrected chi connectivity index (χ1v) is 1.73. The predicted octanol–water partition coefficient (Wildman–Crippen LogP) is -2.53. The van der Waals surface area contributed by atoms with Gasteiger partial charge < -0.3 is 0 Å². The Morgan fingerprint density at radius 3 is 1.67 bits per heavy atom. The van der Waals surface area contributed by atoms with E-state index in [-0.39, 0.29) is 44.2 Å². The third-order valence-electron chi connectivity index (χ3n) is 0. The summed E-state index contributed by atoms with van der Waals surface area (Å²) >= 11 is 1.08. The molecule has 0 aliphatic carbocycles. The van der Waals surface area contributed by atoms with E-state index in [2.05, 4.69) is 0 Å². The summed E-state index contributed by atoms with van der Waals surface area (Å²) in [5, 5.41) is 7.42. The van der Waals surface area contributed by atoms with E-state index >= 15 is 0 Å².